The first kappa shape index (κ1) is 16.5. The van der Waals surface area contributed by atoms with Crippen molar-refractivity contribution in [3.63, 3.8) is 0 Å². The second-order valence-corrected chi connectivity index (χ2v) is 3.44. The van der Waals surface area contributed by atoms with Gasteiger partial charge in [0.2, 0.25) is 5.83 Å². The Morgan fingerprint density at radius 2 is 1.57 bits per heavy atom. The van der Waals surface area contributed by atoms with Gasteiger partial charge >= 0.3 is 18.1 Å². The summed E-state index contributed by atoms with van der Waals surface area (Å²) in [6.45, 7) is -1.82. The van der Waals surface area contributed by atoms with Gasteiger partial charge in [0.25, 0.3) is 11.8 Å². The summed E-state index contributed by atoms with van der Waals surface area (Å²) in [6.07, 6.45) is -4.32. The van der Waals surface area contributed by atoms with Crippen molar-refractivity contribution < 1.29 is 45.9 Å². The molecule has 21 heavy (non-hydrogen) atoms. The highest BCUT2D eigenvalue weighted by Gasteiger charge is 2.39. The molecule has 0 radical (unpaired) electrons. The molecule has 0 aromatic heterocycles. The molecule has 0 fully saturated rings. The molecule has 0 unspecified atom stereocenters. The average molecular weight is 313 g/mol. The number of ether oxygens (including phenoxy) is 1. The van der Waals surface area contributed by atoms with Gasteiger partial charge in [0.1, 0.15) is 6.61 Å². The summed E-state index contributed by atoms with van der Waals surface area (Å²) in [5.74, 6) is -11.8. The molecule has 0 aromatic carbocycles. The number of amides is 3. The molecule has 1 rings (SSSR count). The zero-order valence-corrected chi connectivity index (χ0v) is 9.74. The van der Waals surface area contributed by atoms with Gasteiger partial charge in [-0.1, -0.05) is 0 Å². The highest BCUT2D eigenvalue weighted by molar-refractivity contribution is 6.42. The van der Waals surface area contributed by atoms with Gasteiger partial charge in [-0.25, -0.2) is 14.1 Å². The third-order valence-electron chi connectivity index (χ3n) is 2.00. The number of hydrogen-bond donors (Lipinski definition) is 0. The van der Waals surface area contributed by atoms with Crippen LogP contribution in [-0.4, -0.2) is 41.4 Å². The Hall–Kier alpha value is -2.59. The van der Waals surface area contributed by atoms with Crippen molar-refractivity contribution in [3.05, 3.63) is 23.8 Å². The van der Waals surface area contributed by atoms with E-state index in [-0.39, 0.29) is 4.90 Å². The Kier molecular flexibility index (Phi) is 4.55. The van der Waals surface area contributed by atoms with Crippen LogP contribution in [-0.2, 0) is 23.9 Å². The van der Waals surface area contributed by atoms with Crippen molar-refractivity contribution in [1.29, 1.82) is 0 Å². The molecule has 0 N–H and O–H groups in total. The predicted octanol–water partition coefficient (Wildman–Crippen LogP) is 0.694. The van der Waals surface area contributed by atoms with Gasteiger partial charge in [-0.15, -0.1) is 0 Å². The summed E-state index contributed by atoms with van der Waals surface area (Å²) in [4.78, 5) is 44.2. The molecule has 1 heterocycles. The summed E-state index contributed by atoms with van der Waals surface area (Å²) < 4.78 is 64.0. The van der Waals surface area contributed by atoms with Crippen LogP contribution in [0.5, 0.6) is 0 Å². The Balaban J connectivity index is 2.69. The van der Waals surface area contributed by atoms with Crippen molar-refractivity contribution in [2.45, 2.75) is 6.18 Å². The van der Waals surface area contributed by atoms with Gasteiger partial charge in [-0.2, -0.15) is 17.6 Å². The first-order valence-corrected chi connectivity index (χ1v) is 4.94. The molecule has 1 aliphatic heterocycles. The molecule has 11 heteroatoms. The summed E-state index contributed by atoms with van der Waals surface area (Å²) in [5, 5.41) is 0. The fourth-order valence-corrected chi connectivity index (χ4v) is 1.10. The maximum atomic E-state index is 12.7. The number of esters is 1. The largest absolute Gasteiger partial charge is 0.451 e. The number of carbonyl (C=O) groups is 4. The Morgan fingerprint density at radius 3 is 2.00 bits per heavy atom. The molecule has 114 valence electrons. The fourth-order valence-electron chi connectivity index (χ4n) is 1.10. The number of alkyl halides is 3. The minimum Gasteiger partial charge on any atom is -0.451 e. The van der Waals surface area contributed by atoms with E-state index in [1.807, 2.05) is 0 Å². The lowest BCUT2D eigenvalue weighted by atomic mass is 10.4. The number of carbonyl (C=O) groups excluding carboxylic acids is 4. The lowest BCUT2D eigenvalue weighted by molar-refractivity contribution is -0.164. The van der Waals surface area contributed by atoms with E-state index in [0.29, 0.717) is 12.2 Å². The van der Waals surface area contributed by atoms with Crippen LogP contribution in [0.1, 0.15) is 0 Å². The van der Waals surface area contributed by atoms with E-state index < -0.39 is 48.1 Å². The second-order valence-electron chi connectivity index (χ2n) is 3.44. The van der Waals surface area contributed by atoms with Crippen LogP contribution in [0.2, 0.25) is 0 Å². The first-order chi connectivity index (χ1) is 9.55. The maximum Gasteiger partial charge on any atom is 0.445 e. The van der Waals surface area contributed by atoms with Crippen LogP contribution < -0.4 is 0 Å². The molecule has 0 aromatic rings. The van der Waals surface area contributed by atoms with Gasteiger partial charge in [0, 0.05) is 12.2 Å². The molecule has 0 bridgehead atoms. The summed E-state index contributed by atoms with van der Waals surface area (Å²) in [7, 11) is 0. The Bertz CT molecular complexity index is 559. The van der Waals surface area contributed by atoms with E-state index in [4.69, 9.17) is 0 Å². The normalized spacial score (nSPS) is 16.1. The molecule has 6 nitrogen and oxygen atoms in total. The molecule has 0 atom stereocenters. The van der Waals surface area contributed by atoms with Crippen molar-refractivity contribution >= 4 is 23.7 Å². The van der Waals surface area contributed by atoms with Crippen molar-refractivity contribution in [3.8, 4) is 0 Å². The van der Waals surface area contributed by atoms with E-state index in [2.05, 4.69) is 4.74 Å². The number of rotatable bonds is 2. The summed E-state index contributed by atoms with van der Waals surface area (Å²) in [5.41, 5.74) is 0. The van der Waals surface area contributed by atoms with Crippen LogP contribution in [0.4, 0.5) is 22.0 Å². The summed E-state index contributed by atoms with van der Waals surface area (Å²) >= 11 is 0. The van der Waals surface area contributed by atoms with E-state index in [1.54, 1.807) is 0 Å². The van der Waals surface area contributed by atoms with E-state index in [9.17, 15) is 41.1 Å². The standard InChI is InChI=1S/C10H4F5NO5/c11-4(7(12)10(13,14)15)3-21-9(20)8(19)16-5(17)1-2-6(16)18/h1-2H,3H2/b7-4+. The van der Waals surface area contributed by atoms with Crippen molar-refractivity contribution in [2.75, 3.05) is 6.61 Å². The molecule has 0 saturated carbocycles. The van der Waals surface area contributed by atoms with Gasteiger partial charge in [-0.3, -0.25) is 14.4 Å². The molecule has 3 amide bonds. The number of imide groups is 3. The van der Waals surface area contributed by atoms with Crippen molar-refractivity contribution in [2.24, 2.45) is 0 Å². The fraction of sp³-hybridized carbons (Fsp3) is 0.200. The highest BCUT2D eigenvalue weighted by Crippen LogP contribution is 2.29. The predicted molar refractivity (Wildman–Crippen MR) is 52.3 cm³/mol. The average Bonchev–Trinajstić information content (AvgIpc) is 2.72. The Morgan fingerprint density at radius 1 is 1.10 bits per heavy atom. The molecule has 1 aliphatic rings. The molecular weight excluding hydrogens is 309 g/mol. The zero-order valence-electron chi connectivity index (χ0n) is 9.74. The van der Waals surface area contributed by atoms with E-state index in [0.717, 1.165) is 0 Å². The lowest BCUT2D eigenvalue weighted by Crippen LogP contribution is -2.41. The Labute approximate surface area is 112 Å². The molecule has 0 saturated heterocycles. The SMILES string of the molecule is O=C(OC/C(F)=C(\F)C(F)(F)F)C(=O)N1C(=O)C=CC1=O. The minimum absolute atomic E-state index is 0.177. The number of halogens is 5. The third-order valence-corrected chi connectivity index (χ3v) is 2.00. The lowest BCUT2D eigenvalue weighted by Gasteiger charge is -2.11. The van der Waals surface area contributed by atoms with Crippen LogP contribution >= 0.6 is 0 Å². The minimum atomic E-state index is -5.62. The smallest absolute Gasteiger partial charge is 0.445 e. The third kappa shape index (κ3) is 3.70. The topological polar surface area (TPSA) is 80.8 Å². The highest BCUT2D eigenvalue weighted by atomic mass is 19.4. The number of hydrogen-bond acceptors (Lipinski definition) is 5. The van der Waals surface area contributed by atoms with Crippen LogP contribution in [0.25, 0.3) is 0 Å². The van der Waals surface area contributed by atoms with Gasteiger partial charge < -0.3 is 4.74 Å². The summed E-state index contributed by atoms with van der Waals surface area (Å²) in [6, 6.07) is 0. The van der Waals surface area contributed by atoms with Gasteiger partial charge in [-0.05, 0) is 0 Å². The molecule has 0 aliphatic carbocycles. The second kappa shape index (κ2) is 5.81. The number of nitrogens with zero attached hydrogens (tertiary/aromatic N) is 1. The van der Waals surface area contributed by atoms with E-state index in [1.165, 1.54) is 0 Å². The quantitative estimate of drug-likeness (QED) is 0.324. The zero-order chi connectivity index (χ0) is 16.4. The van der Waals surface area contributed by atoms with Gasteiger partial charge in [0.15, 0.2) is 5.83 Å². The number of allylic oxidation sites excluding steroid dienone is 1. The van der Waals surface area contributed by atoms with Crippen LogP contribution in [0, 0.1) is 0 Å². The van der Waals surface area contributed by atoms with Gasteiger partial charge in [0.05, 0.1) is 0 Å². The van der Waals surface area contributed by atoms with Crippen LogP contribution in [0.15, 0.2) is 23.8 Å². The monoisotopic (exact) mass is 313 g/mol. The molecule has 0 spiro atoms. The first-order valence-electron chi connectivity index (χ1n) is 4.94. The van der Waals surface area contributed by atoms with E-state index >= 15 is 0 Å². The van der Waals surface area contributed by atoms with Crippen molar-refractivity contribution in [1.82, 2.24) is 4.90 Å². The van der Waals surface area contributed by atoms with Crippen LogP contribution in [0.3, 0.4) is 0 Å². The molecular formula is C10H4F5NO5. The maximum absolute atomic E-state index is 12.7.